The van der Waals surface area contributed by atoms with E-state index in [-0.39, 0.29) is 23.8 Å². The van der Waals surface area contributed by atoms with Crippen LogP contribution >= 0.6 is 0 Å². The van der Waals surface area contributed by atoms with Crippen molar-refractivity contribution >= 4 is 17.9 Å². The van der Waals surface area contributed by atoms with Gasteiger partial charge in [0.25, 0.3) is 0 Å². The molecule has 1 aromatic rings. The first-order valence-electron chi connectivity index (χ1n) is 15.0. The first kappa shape index (κ1) is 34.5. The zero-order valence-corrected chi connectivity index (χ0v) is 26.1. The Morgan fingerprint density at radius 2 is 1.56 bits per heavy atom. The Labute approximate surface area is 237 Å². The van der Waals surface area contributed by atoms with Crippen molar-refractivity contribution in [3.05, 3.63) is 35.4 Å². The van der Waals surface area contributed by atoms with Crippen LogP contribution in [0, 0.1) is 12.8 Å². The van der Waals surface area contributed by atoms with E-state index in [1.165, 1.54) is 0 Å². The third-order valence-corrected chi connectivity index (χ3v) is 6.64. The maximum Gasteiger partial charge on any atom is 0.408 e. The fourth-order valence-electron chi connectivity index (χ4n) is 4.77. The largest absolute Gasteiger partial charge is 0.444 e. The van der Waals surface area contributed by atoms with Gasteiger partial charge in [-0.1, -0.05) is 84.1 Å². The van der Waals surface area contributed by atoms with Crippen molar-refractivity contribution in [2.45, 2.75) is 137 Å². The van der Waals surface area contributed by atoms with E-state index in [0.717, 1.165) is 56.1 Å². The van der Waals surface area contributed by atoms with Crippen molar-refractivity contribution in [3.8, 4) is 0 Å². The lowest BCUT2D eigenvalue weighted by molar-refractivity contribution is -0.143. The van der Waals surface area contributed by atoms with Gasteiger partial charge in [-0.05, 0) is 70.9 Å². The third-order valence-electron chi connectivity index (χ3n) is 6.64. The summed E-state index contributed by atoms with van der Waals surface area (Å²) in [5.41, 5.74) is 1.07. The number of nitrogens with one attached hydrogen (secondary N) is 2. The van der Waals surface area contributed by atoms with E-state index in [2.05, 4.69) is 24.5 Å². The minimum Gasteiger partial charge on any atom is -0.444 e. The van der Waals surface area contributed by atoms with Crippen LogP contribution in [-0.2, 0) is 14.3 Å². The van der Waals surface area contributed by atoms with Gasteiger partial charge in [-0.25, -0.2) is 4.79 Å². The van der Waals surface area contributed by atoms with Gasteiger partial charge < -0.3 is 20.3 Å². The van der Waals surface area contributed by atoms with Crippen LogP contribution < -0.4 is 10.6 Å². The molecule has 7 heteroatoms. The highest BCUT2D eigenvalue weighted by atomic mass is 16.6. The Kier molecular flexibility index (Phi) is 15.2. The molecule has 1 rings (SSSR count). The topological polar surface area (TPSA) is 87.7 Å². The lowest BCUT2D eigenvalue weighted by atomic mass is 9.95. The van der Waals surface area contributed by atoms with Gasteiger partial charge in [0.1, 0.15) is 17.7 Å². The van der Waals surface area contributed by atoms with E-state index >= 15 is 0 Å². The second kappa shape index (κ2) is 17.2. The van der Waals surface area contributed by atoms with Crippen LogP contribution in [0.4, 0.5) is 4.79 Å². The van der Waals surface area contributed by atoms with Gasteiger partial charge in [0.05, 0.1) is 0 Å². The number of benzene rings is 1. The summed E-state index contributed by atoms with van der Waals surface area (Å²) in [4.78, 5) is 42.7. The predicted octanol–water partition coefficient (Wildman–Crippen LogP) is 7.08. The number of hydrogen-bond acceptors (Lipinski definition) is 4. The summed E-state index contributed by atoms with van der Waals surface area (Å²) in [5.74, 6) is -0.292. The highest BCUT2D eigenvalue weighted by Gasteiger charge is 2.37. The SMILES string of the molecule is CCCCCCCN(C(=O)C(CC(C)C)NC(=O)OC(C)(C)C)C(C(=O)NC(C)CCC)c1ccccc1C. The number of rotatable bonds is 16. The lowest BCUT2D eigenvalue weighted by Crippen LogP contribution is -2.54. The van der Waals surface area contributed by atoms with Gasteiger partial charge in [-0.3, -0.25) is 9.59 Å². The number of unbranched alkanes of at least 4 members (excludes halogenated alkanes) is 4. The summed E-state index contributed by atoms with van der Waals surface area (Å²) in [5, 5.41) is 5.99. The number of ether oxygens (including phenoxy) is 1. The van der Waals surface area contributed by atoms with Crippen LogP contribution in [0.15, 0.2) is 24.3 Å². The Bertz CT molecular complexity index is 894. The van der Waals surface area contributed by atoms with Crippen LogP contribution in [-0.4, -0.2) is 47.0 Å². The Morgan fingerprint density at radius 3 is 2.13 bits per heavy atom. The van der Waals surface area contributed by atoms with Gasteiger partial charge >= 0.3 is 6.09 Å². The zero-order valence-electron chi connectivity index (χ0n) is 26.1. The van der Waals surface area contributed by atoms with Crippen molar-refractivity contribution in [3.63, 3.8) is 0 Å². The van der Waals surface area contributed by atoms with E-state index in [1.807, 2.05) is 52.0 Å². The number of carbonyl (C=O) groups is 3. The van der Waals surface area contributed by atoms with Crippen LogP contribution in [0.5, 0.6) is 0 Å². The smallest absolute Gasteiger partial charge is 0.408 e. The lowest BCUT2D eigenvalue weighted by Gasteiger charge is -2.36. The minimum atomic E-state index is -0.803. The number of carbonyl (C=O) groups excluding carboxylic acids is 3. The number of nitrogens with zero attached hydrogens (tertiary/aromatic N) is 1. The van der Waals surface area contributed by atoms with E-state index < -0.39 is 23.8 Å². The van der Waals surface area contributed by atoms with Crippen molar-refractivity contribution in [1.82, 2.24) is 15.5 Å². The fraction of sp³-hybridized carbons (Fsp3) is 0.719. The quantitative estimate of drug-likeness (QED) is 0.217. The summed E-state index contributed by atoms with van der Waals surface area (Å²) >= 11 is 0. The monoisotopic (exact) mass is 545 g/mol. The first-order valence-corrected chi connectivity index (χ1v) is 15.0. The van der Waals surface area contributed by atoms with Crippen molar-refractivity contribution in [2.75, 3.05) is 6.54 Å². The van der Waals surface area contributed by atoms with Gasteiger partial charge in [0, 0.05) is 12.6 Å². The van der Waals surface area contributed by atoms with Crippen molar-refractivity contribution in [1.29, 1.82) is 0 Å². The number of alkyl carbamates (subject to hydrolysis) is 1. The predicted molar refractivity (Wildman–Crippen MR) is 160 cm³/mol. The molecule has 3 unspecified atom stereocenters. The van der Waals surface area contributed by atoms with Crippen molar-refractivity contribution < 1.29 is 19.1 Å². The standard InChI is InChI=1S/C32H55N3O4/c1-10-12-13-14-17-21-35(30(37)27(22-23(3)4)34-31(38)39-32(7,8)9)28(26-20-16-15-19-24(26)5)29(36)33-25(6)18-11-2/h15-16,19-20,23,25,27-28H,10-14,17-18,21-22H2,1-9H3,(H,33,36)(H,34,38). The zero-order chi connectivity index (χ0) is 29.6. The molecular weight excluding hydrogens is 490 g/mol. The third kappa shape index (κ3) is 12.9. The first-order chi connectivity index (χ1) is 18.3. The van der Waals surface area contributed by atoms with Crippen LogP contribution in [0.25, 0.3) is 0 Å². The molecule has 0 bridgehead atoms. The average Bonchev–Trinajstić information content (AvgIpc) is 2.81. The number of aryl methyl sites for hydroxylation is 1. The minimum absolute atomic E-state index is 0.0122. The van der Waals surface area contributed by atoms with Gasteiger partial charge in [0.2, 0.25) is 11.8 Å². The molecular formula is C32H55N3O4. The van der Waals surface area contributed by atoms with Gasteiger partial charge in [-0.2, -0.15) is 0 Å². The highest BCUT2D eigenvalue weighted by Crippen LogP contribution is 2.27. The Balaban J connectivity index is 3.50. The summed E-state index contributed by atoms with van der Waals surface area (Å²) in [6.45, 7) is 18.1. The maximum atomic E-state index is 14.3. The molecule has 222 valence electrons. The molecule has 0 aliphatic carbocycles. The molecule has 0 spiro atoms. The molecule has 0 saturated heterocycles. The molecule has 0 aliphatic rings. The molecule has 0 radical (unpaired) electrons. The van der Waals surface area contributed by atoms with Gasteiger partial charge in [0.15, 0.2) is 0 Å². The van der Waals surface area contributed by atoms with E-state index in [4.69, 9.17) is 4.74 Å². The second-order valence-electron chi connectivity index (χ2n) is 12.2. The average molecular weight is 546 g/mol. The normalized spacial score (nSPS) is 13.9. The number of hydrogen-bond donors (Lipinski definition) is 2. The molecule has 1 aromatic carbocycles. The Morgan fingerprint density at radius 1 is 0.923 bits per heavy atom. The maximum absolute atomic E-state index is 14.3. The van der Waals surface area contributed by atoms with Crippen LogP contribution in [0.1, 0.15) is 124 Å². The van der Waals surface area contributed by atoms with Crippen LogP contribution in [0.3, 0.4) is 0 Å². The van der Waals surface area contributed by atoms with E-state index in [0.29, 0.717) is 13.0 Å². The molecule has 39 heavy (non-hydrogen) atoms. The fourth-order valence-corrected chi connectivity index (χ4v) is 4.77. The molecule has 0 heterocycles. The second-order valence-corrected chi connectivity index (χ2v) is 12.2. The molecule has 0 aliphatic heterocycles. The van der Waals surface area contributed by atoms with E-state index in [1.54, 1.807) is 25.7 Å². The van der Waals surface area contributed by atoms with Crippen LogP contribution in [0.2, 0.25) is 0 Å². The molecule has 2 N–H and O–H groups in total. The summed E-state index contributed by atoms with van der Waals surface area (Å²) < 4.78 is 5.50. The van der Waals surface area contributed by atoms with Gasteiger partial charge in [-0.15, -0.1) is 0 Å². The van der Waals surface area contributed by atoms with E-state index in [9.17, 15) is 14.4 Å². The molecule has 0 aromatic heterocycles. The molecule has 0 saturated carbocycles. The molecule has 7 nitrogen and oxygen atoms in total. The Hall–Kier alpha value is -2.57. The summed E-state index contributed by atoms with van der Waals surface area (Å²) in [6, 6.07) is 6.14. The molecule has 3 atom stereocenters. The highest BCUT2D eigenvalue weighted by molar-refractivity contribution is 5.92. The number of amides is 3. The molecule has 3 amide bonds. The summed E-state index contributed by atoms with van der Waals surface area (Å²) in [6.07, 6.45) is 6.73. The summed E-state index contributed by atoms with van der Waals surface area (Å²) in [7, 11) is 0. The molecule has 0 fully saturated rings. The van der Waals surface area contributed by atoms with Crippen molar-refractivity contribution in [2.24, 2.45) is 5.92 Å².